The Morgan fingerprint density at radius 2 is 1.57 bits per heavy atom. The van der Waals surface area contributed by atoms with Gasteiger partial charge >= 0.3 is 0 Å². The van der Waals surface area contributed by atoms with Crippen LogP contribution in [0, 0.1) is 0 Å². The largest absolute Gasteiger partial charge is 0.481 e. The van der Waals surface area contributed by atoms with Crippen molar-refractivity contribution in [1.29, 1.82) is 0 Å². The SMILES string of the molecule is C[C@@H](Oc1ccc(-c2nnco2)cc1)C(=O)Nc1ccc(Oc2ccccc2)cc1. The smallest absolute Gasteiger partial charge is 0.265 e. The average molecular weight is 401 g/mol. The second-order valence-electron chi connectivity index (χ2n) is 6.46. The molecule has 150 valence electrons. The molecule has 4 aromatic rings. The van der Waals surface area contributed by atoms with Crippen LogP contribution in [-0.2, 0) is 4.79 Å². The second-order valence-corrected chi connectivity index (χ2v) is 6.46. The van der Waals surface area contributed by atoms with Crippen molar-refractivity contribution in [2.75, 3.05) is 5.32 Å². The quantitative estimate of drug-likeness (QED) is 0.472. The number of hydrogen-bond acceptors (Lipinski definition) is 6. The predicted octanol–water partition coefficient (Wildman–Crippen LogP) is 4.93. The molecule has 1 aromatic heterocycles. The highest BCUT2D eigenvalue weighted by atomic mass is 16.5. The first-order chi connectivity index (χ1) is 14.7. The van der Waals surface area contributed by atoms with Crippen molar-refractivity contribution in [2.24, 2.45) is 0 Å². The van der Waals surface area contributed by atoms with Crippen LogP contribution in [0.4, 0.5) is 5.69 Å². The number of benzene rings is 3. The molecule has 0 spiro atoms. The Labute approximate surface area is 173 Å². The lowest BCUT2D eigenvalue weighted by Crippen LogP contribution is -2.30. The first kappa shape index (κ1) is 19.2. The zero-order valence-corrected chi connectivity index (χ0v) is 16.2. The number of amides is 1. The average Bonchev–Trinajstić information content (AvgIpc) is 3.31. The Bertz CT molecular complexity index is 1080. The number of nitrogens with zero attached hydrogens (tertiary/aromatic N) is 2. The van der Waals surface area contributed by atoms with E-state index in [4.69, 9.17) is 13.9 Å². The number of carbonyl (C=O) groups excluding carboxylic acids is 1. The normalized spacial score (nSPS) is 11.5. The summed E-state index contributed by atoms with van der Waals surface area (Å²) < 4.78 is 16.6. The number of para-hydroxylation sites is 1. The van der Waals surface area contributed by atoms with Crippen molar-refractivity contribution in [1.82, 2.24) is 10.2 Å². The van der Waals surface area contributed by atoms with Gasteiger partial charge in [0.05, 0.1) is 0 Å². The van der Waals surface area contributed by atoms with Crippen molar-refractivity contribution >= 4 is 11.6 Å². The van der Waals surface area contributed by atoms with Crippen LogP contribution in [0.25, 0.3) is 11.5 Å². The minimum atomic E-state index is -0.681. The van der Waals surface area contributed by atoms with Crippen molar-refractivity contribution in [2.45, 2.75) is 13.0 Å². The third kappa shape index (κ3) is 4.82. The van der Waals surface area contributed by atoms with Gasteiger partial charge < -0.3 is 19.2 Å². The van der Waals surface area contributed by atoms with E-state index in [2.05, 4.69) is 15.5 Å². The highest BCUT2D eigenvalue weighted by Gasteiger charge is 2.15. The van der Waals surface area contributed by atoms with E-state index in [1.165, 1.54) is 6.39 Å². The number of ether oxygens (including phenoxy) is 2. The molecule has 1 N–H and O–H groups in total. The zero-order valence-electron chi connectivity index (χ0n) is 16.2. The zero-order chi connectivity index (χ0) is 20.8. The third-order valence-corrected chi connectivity index (χ3v) is 4.24. The molecule has 0 unspecified atom stereocenters. The monoisotopic (exact) mass is 401 g/mol. The third-order valence-electron chi connectivity index (χ3n) is 4.24. The maximum absolute atomic E-state index is 12.4. The number of hydrogen-bond donors (Lipinski definition) is 1. The lowest BCUT2D eigenvalue weighted by molar-refractivity contribution is -0.122. The highest BCUT2D eigenvalue weighted by Crippen LogP contribution is 2.23. The Morgan fingerprint density at radius 1 is 0.900 bits per heavy atom. The predicted molar refractivity (Wildman–Crippen MR) is 111 cm³/mol. The molecule has 0 saturated heterocycles. The van der Waals surface area contributed by atoms with Crippen molar-refractivity contribution in [3.63, 3.8) is 0 Å². The van der Waals surface area contributed by atoms with Crippen LogP contribution in [0.15, 0.2) is 89.7 Å². The minimum absolute atomic E-state index is 0.257. The molecule has 4 rings (SSSR count). The van der Waals surface area contributed by atoms with Crippen LogP contribution in [-0.4, -0.2) is 22.2 Å². The molecule has 0 aliphatic carbocycles. The van der Waals surface area contributed by atoms with Crippen LogP contribution in [0.2, 0.25) is 0 Å². The van der Waals surface area contributed by atoms with Gasteiger partial charge in [-0.3, -0.25) is 4.79 Å². The Hall–Kier alpha value is -4.13. The van der Waals surface area contributed by atoms with Gasteiger partial charge in [-0.1, -0.05) is 18.2 Å². The molecule has 0 radical (unpaired) electrons. The summed E-state index contributed by atoms with van der Waals surface area (Å²) in [6, 6.07) is 23.7. The van der Waals surface area contributed by atoms with Gasteiger partial charge in [-0.2, -0.15) is 0 Å². The summed E-state index contributed by atoms with van der Waals surface area (Å²) in [6.45, 7) is 1.69. The Balaban J connectivity index is 1.32. The summed E-state index contributed by atoms with van der Waals surface area (Å²) in [5.74, 6) is 2.17. The number of anilines is 1. The molecule has 7 nitrogen and oxygen atoms in total. The van der Waals surface area contributed by atoms with Crippen LogP contribution in [0.5, 0.6) is 17.2 Å². The highest BCUT2D eigenvalue weighted by molar-refractivity contribution is 5.94. The molecule has 0 saturated carbocycles. The van der Waals surface area contributed by atoms with Gasteiger partial charge in [0.1, 0.15) is 17.2 Å². The van der Waals surface area contributed by atoms with E-state index in [0.29, 0.717) is 23.1 Å². The Morgan fingerprint density at radius 3 is 2.23 bits per heavy atom. The Kier molecular flexibility index (Phi) is 5.70. The molecule has 0 fully saturated rings. The fourth-order valence-electron chi connectivity index (χ4n) is 2.71. The molecular weight excluding hydrogens is 382 g/mol. The maximum Gasteiger partial charge on any atom is 0.265 e. The van der Waals surface area contributed by atoms with Crippen molar-refractivity contribution in [3.05, 3.63) is 85.3 Å². The topological polar surface area (TPSA) is 86.5 Å². The second kappa shape index (κ2) is 8.91. The van der Waals surface area contributed by atoms with Gasteiger partial charge in [0.15, 0.2) is 6.10 Å². The molecular formula is C23H19N3O4. The summed E-state index contributed by atoms with van der Waals surface area (Å²) in [7, 11) is 0. The van der Waals surface area contributed by atoms with Crippen LogP contribution >= 0.6 is 0 Å². The standard InChI is InChI=1S/C23H19N3O4/c1-16(29-20-11-7-17(8-12-20)23-26-24-15-28-23)22(27)25-18-9-13-21(14-10-18)30-19-5-3-2-4-6-19/h2-16H,1H3,(H,25,27)/t16-/m1/s1. The molecule has 1 atom stereocenters. The van der Waals surface area contributed by atoms with Gasteiger partial charge in [0.25, 0.3) is 5.91 Å². The van der Waals surface area contributed by atoms with Crippen LogP contribution < -0.4 is 14.8 Å². The lowest BCUT2D eigenvalue weighted by Gasteiger charge is -2.15. The van der Waals surface area contributed by atoms with Crippen LogP contribution in [0.1, 0.15) is 6.92 Å². The molecule has 1 amide bonds. The first-order valence-corrected chi connectivity index (χ1v) is 9.34. The fourth-order valence-corrected chi connectivity index (χ4v) is 2.71. The number of aromatic nitrogens is 2. The summed E-state index contributed by atoms with van der Waals surface area (Å²) in [5, 5.41) is 10.3. The van der Waals surface area contributed by atoms with E-state index >= 15 is 0 Å². The summed E-state index contributed by atoms with van der Waals surface area (Å²) in [5.41, 5.74) is 1.43. The minimum Gasteiger partial charge on any atom is -0.481 e. The molecule has 3 aromatic carbocycles. The summed E-state index contributed by atoms with van der Waals surface area (Å²) >= 11 is 0. The van der Waals surface area contributed by atoms with Gasteiger partial charge in [-0.05, 0) is 67.6 Å². The van der Waals surface area contributed by atoms with Crippen LogP contribution in [0.3, 0.4) is 0 Å². The molecule has 1 heterocycles. The number of carbonyl (C=O) groups is 1. The summed E-state index contributed by atoms with van der Waals surface area (Å²) in [4.78, 5) is 12.4. The van der Waals surface area contributed by atoms with E-state index < -0.39 is 6.10 Å². The molecule has 30 heavy (non-hydrogen) atoms. The first-order valence-electron chi connectivity index (χ1n) is 9.34. The van der Waals surface area contributed by atoms with E-state index in [1.807, 2.05) is 30.3 Å². The molecule has 0 aliphatic rings. The van der Waals surface area contributed by atoms with Gasteiger partial charge in [0.2, 0.25) is 12.3 Å². The van der Waals surface area contributed by atoms with E-state index in [1.54, 1.807) is 55.5 Å². The van der Waals surface area contributed by atoms with Crippen molar-refractivity contribution in [3.8, 4) is 28.7 Å². The van der Waals surface area contributed by atoms with E-state index in [0.717, 1.165) is 11.3 Å². The van der Waals surface area contributed by atoms with Gasteiger partial charge in [0, 0.05) is 11.3 Å². The summed E-state index contributed by atoms with van der Waals surface area (Å²) in [6.07, 6.45) is 0.589. The number of rotatable bonds is 7. The van der Waals surface area contributed by atoms with E-state index in [9.17, 15) is 4.79 Å². The lowest BCUT2D eigenvalue weighted by atomic mass is 10.2. The fraction of sp³-hybridized carbons (Fsp3) is 0.0870. The molecule has 0 bridgehead atoms. The van der Waals surface area contributed by atoms with Gasteiger partial charge in [-0.25, -0.2) is 0 Å². The number of nitrogens with one attached hydrogen (secondary N) is 1. The van der Waals surface area contributed by atoms with Gasteiger partial charge in [-0.15, -0.1) is 10.2 Å². The molecule has 0 aliphatic heterocycles. The maximum atomic E-state index is 12.4. The van der Waals surface area contributed by atoms with E-state index in [-0.39, 0.29) is 5.91 Å². The molecule has 7 heteroatoms. The van der Waals surface area contributed by atoms with Crippen molar-refractivity contribution < 1.29 is 18.7 Å².